The standard InChI is InChI=1S/C17H22N2O/c1-20-17-7-6-14-4-2-3-5-15(14)16(17)8-11-19-12-9-18-10-13-19/h2-7,18H,8-13H2,1H3. The lowest BCUT2D eigenvalue weighted by Gasteiger charge is -2.27. The van der Waals surface area contributed by atoms with Gasteiger partial charge in [-0.2, -0.15) is 0 Å². The van der Waals surface area contributed by atoms with Gasteiger partial charge in [-0.3, -0.25) is 0 Å². The fraction of sp³-hybridized carbons (Fsp3) is 0.412. The number of hydrogen-bond acceptors (Lipinski definition) is 3. The first kappa shape index (κ1) is 13.4. The summed E-state index contributed by atoms with van der Waals surface area (Å²) in [6.45, 7) is 5.60. The fourth-order valence-electron chi connectivity index (χ4n) is 2.97. The molecule has 0 aliphatic carbocycles. The smallest absolute Gasteiger partial charge is 0.122 e. The second kappa shape index (κ2) is 6.25. The average Bonchev–Trinajstić information content (AvgIpc) is 2.53. The van der Waals surface area contributed by atoms with Gasteiger partial charge in [0.15, 0.2) is 0 Å². The zero-order valence-corrected chi connectivity index (χ0v) is 12.1. The summed E-state index contributed by atoms with van der Waals surface area (Å²) in [4.78, 5) is 2.53. The number of nitrogens with one attached hydrogen (secondary N) is 1. The number of nitrogens with zero attached hydrogens (tertiary/aromatic N) is 1. The molecule has 0 amide bonds. The molecule has 3 heteroatoms. The van der Waals surface area contributed by atoms with E-state index in [0.717, 1.165) is 44.9 Å². The van der Waals surface area contributed by atoms with Crippen LogP contribution in [0.5, 0.6) is 5.75 Å². The van der Waals surface area contributed by atoms with Crippen molar-refractivity contribution < 1.29 is 4.74 Å². The molecule has 1 aliphatic rings. The number of fused-ring (bicyclic) bond motifs is 1. The fourth-order valence-corrected chi connectivity index (χ4v) is 2.97. The van der Waals surface area contributed by atoms with Crippen LogP contribution in [0.4, 0.5) is 0 Å². The maximum absolute atomic E-state index is 5.56. The quantitative estimate of drug-likeness (QED) is 0.922. The third-order valence-electron chi connectivity index (χ3n) is 4.11. The predicted octanol–water partition coefficient (Wildman–Crippen LogP) is 2.30. The second-order valence-corrected chi connectivity index (χ2v) is 5.31. The zero-order chi connectivity index (χ0) is 13.8. The Morgan fingerprint density at radius 2 is 1.90 bits per heavy atom. The van der Waals surface area contributed by atoms with Crippen molar-refractivity contribution in [1.29, 1.82) is 0 Å². The maximum Gasteiger partial charge on any atom is 0.122 e. The van der Waals surface area contributed by atoms with Gasteiger partial charge in [-0.05, 0) is 23.3 Å². The van der Waals surface area contributed by atoms with Crippen molar-refractivity contribution in [1.82, 2.24) is 10.2 Å². The molecule has 1 saturated heterocycles. The van der Waals surface area contributed by atoms with Crippen molar-refractivity contribution in [3.8, 4) is 5.75 Å². The highest BCUT2D eigenvalue weighted by Gasteiger charge is 2.12. The molecule has 0 atom stereocenters. The van der Waals surface area contributed by atoms with Crippen LogP contribution in [-0.4, -0.2) is 44.7 Å². The first-order chi connectivity index (χ1) is 9.88. The van der Waals surface area contributed by atoms with Gasteiger partial charge < -0.3 is 15.0 Å². The van der Waals surface area contributed by atoms with Crippen LogP contribution in [0.3, 0.4) is 0 Å². The molecule has 0 bridgehead atoms. The van der Waals surface area contributed by atoms with Gasteiger partial charge in [-0.1, -0.05) is 30.3 Å². The van der Waals surface area contributed by atoms with E-state index in [0.29, 0.717) is 0 Å². The molecule has 1 aliphatic heterocycles. The Morgan fingerprint density at radius 1 is 1.10 bits per heavy atom. The lowest BCUT2D eigenvalue weighted by Crippen LogP contribution is -2.44. The average molecular weight is 270 g/mol. The topological polar surface area (TPSA) is 24.5 Å². The molecule has 0 spiro atoms. The summed E-state index contributed by atoms with van der Waals surface area (Å²) in [5.41, 5.74) is 1.34. The molecule has 2 aromatic rings. The Kier molecular flexibility index (Phi) is 4.19. The molecule has 106 valence electrons. The van der Waals surface area contributed by atoms with Crippen LogP contribution >= 0.6 is 0 Å². The first-order valence-electron chi connectivity index (χ1n) is 7.36. The molecular formula is C17H22N2O. The monoisotopic (exact) mass is 270 g/mol. The lowest BCUT2D eigenvalue weighted by atomic mass is 10.0. The van der Waals surface area contributed by atoms with E-state index >= 15 is 0 Å². The Bertz CT molecular complexity index is 576. The molecule has 0 radical (unpaired) electrons. The lowest BCUT2D eigenvalue weighted by molar-refractivity contribution is 0.243. The summed E-state index contributed by atoms with van der Waals surface area (Å²) in [6.07, 6.45) is 1.05. The molecule has 0 saturated carbocycles. The molecule has 0 unspecified atom stereocenters. The highest BCUT2D eigenvalue weighted by atomic mass is 16.5. The minimum atomic E-state index is 1.01. The van der Waals surface area contributed by atoms with Crippen molar-refractivity contribution in [3.63, 3.8) is 0 Å². The van der Waals surface area contributed by atoms with Gasteiger partial charge in [0.25, 0.3) is 0 Å². The highest BCUT2D eigenvalue weighted by Crippen LogP contribution is 2.28. The second-order valence-electron chi connectivity index (χ2n) is 5.31. The van der Waals surface area contributed by atoms with Crippen LogP contribution in [0, 0.1) is 0 Å². The van der Waals surface area contributed by atoms with Crippen LogP contribution in [0.2, 0.25) is 0 Å². The summed E-state index contributed by atoms with van der Waals surface area (Å²) in [6, 6.07) is 12.8. The molecule has 1 heterocycles. The molecule has 20 heavy (non-hydrogen) atoms. The number of rotatable bonds is 4. The van der Waals surface area contributed by atoms with E-state index < -0.39 is 0 Å². The van der Waals surface area contributed by atoms with Crippen molar-refractivity contribution in [2.75, 3.05) is 39.8 Å². The van der Waals surface area contributed by atoms with Crippen LogP contribution in [0.15, 0.2) is 36.4 Å². The Hall–Kier alpha value is -1.58. The van der Waals surface area contributed by atoms with Gasteiger partial charge in [-0.25, -0.2) is 0 Å². The summed E-state index contributed by atoms with van der Waals surface area (Å²) in [5.74, 6) is 1.01. The van der Waals surface area contributed by atoms with Crippen LogP contribution < -0.4 is 10.1 Å². The van der Waals surface area contributed by atoms with Crippen molar-refractivity contribution in [3.05, 3.63) is 42.0 Å². The molecule has 3 nitrogen and oxygen atoms in total. The molecule has 0 aromatic heterocycles. The summed E-state index contributed by atoms with van der Waals surface area (Å²) in [7, 11) is 1.76. The van der Waals surface area contributed by atoms with Crippen LogP contribution in [0.25, 0.3) is 10.8 Å². The molecule has 1 fully saturated rings. The van der Waals surface area contributed by atoms with E-state index in [4.69, 9.17) is 4.74 Å². The van der Waals surface area contributed by atoms with Crippen molar-refractivity contribution >= 4 is 10.8 Å². The summed E-state index contributed by atoms with van der Waals surface area (Å²) < 4.78 is 5.56. The van der Waals surface area contributed by atoms with Gasteiger partial charge in [-0.15, -0.1) is 0 Å². The Balaban J connectivity index is 1.84. The van der Waals surface area contributed by atoms with Gasteiger partial charge in [0, 0.05) is 38.3 Å². The van der Waals surface area contributed by atoms with Crippen LogP contribution in [-0.2, 0) is 6.42 Å². The van der Waals surface area contributed by atoms with Crippen LogP contribution in [0.1, 0.15) is 5.56 Å². The van der Waals surface area contributed by atoms with E-state index in [2.05, 4.69) is 46.6 Å². The maximum atomic E-state index is 5.56. The van der Waals surface area contributed by atoms with Gasteiger partial charge >= 0.3 is 0 Å². The summed E-state index contributed by atoms with van der Waals surface area (Å²) in [5, 5.41) is 6.02. The van der Waals surface area contributed by atoms with E-state index in [9.17, 15) is 0 Å². The third kappa shape index (κ3) is 2.79. The van der Waals surface area contributed by atoms with E-state index in [1.165, 1.54) is 16.3 Å². The van der Waals surface area contributed by atoms with E-state index in [-0.39, 0.29) is 0 Å². The van der Waals surface area contributed by atoms with E-state index in [1.54, 1.807) is 7.11 Å². The van der Waals surface area contributed by atoms with Gasteiger partial charge in [0.05, 0.1) is 7.11 Å². The SMILES string of the molecule is COc1ccc2ccccc2c1CCN1CCNCC1. The normalized spacial score (nSPS) is 16.4. The number of methoxy groups -OCH3 is 1. The van der Waals surface area contributed by atoms with Gasteiger partial charge in [0.1, 0.15) is 5.75 Å². The minimum absolute atomic E-state index is 1.01. The number of benzene rings is 2. The van der Waals surface area contributed by atoms with Crippen molar-refractivity contribution in [2.45, 2.75) is 6.42 Å². The number of hydrogen-bond donors (Lipinski definition) is 1. The zero-order valence-electron chi connectivity index (χ0n) is 12.1. The first-order valence-corrected chi connectivity index (χ1v) is 7.36. The van der Waals surface area contributed by atoms with Crippen molar-refractivity contribution in [2.24, 2.45) is 0 Å². The largest absolute Gasteiger partial charge is 0.496 e. The molecular weight excluding hydrogens is 248 g/mol. The van der Waals surface area contributed by atoms with E-state index in [1.807, 2.05) is 0 Å². The summed E-state index contributed by atoms with van der Waals surface area (Å²) >= 11 is 0. The molecule has 1 N–H and O–H groups in total. The number of ether oxygens (including phenoxy) is 1. The third-order valence-corrected chi connectivity index (χ3v) is 4.11. The minimum Gasteiger partial charge on any atom is -0.496 e. The number of piperazine rings is 1. The Morgan fingerprint density at radius 3 is 2.70 bits per heavy atom. The molecule has 2 aromatic carbocycles. The molecule has 3 rings (SSSR count). The van der Waals surface area contributed by atoms with Gasteiger partial charge in [0.2, 0.25) is 0 Å². The predicted molar refractivity (Wildman–Crippen MR) is 83.5 cm³/mol. The highest BCUT2D eigenvalue weighted by molar-refractivity contribution is 5.87. The Labute approximate surface area is 120 Å².